The maximum atomic E-state index is 12.5. The molecule has 4 nitrogen and oxygen atoms in total. The number of Topliss-reactive ketones (excluding diaryl/α,β-unsaturated/α-hetero) is 1. The molecule has 4 heteroatoms. The molecule has 0 saturated heterocycles. The van der Waals surface area contributed by atoms with Crippen molar-refractivity contribution < 1.29 is 9.63 Å². The Hall–Kier alpha value is -1.16. The van der Waals surface area contributed by atoms with E-state index in [0.717, 1.165) is 49.7 Å². The van der Waals surface area contributed by atoms with E-state index in [2.05, 4.69) is 25.1 Å². The third-order valence-corrected chi connectivity index (χ3v) is 8.08. The molecule has 4 aliphatic carbocycles. The highest BCUT2D eigenvalue weighted by Gasteiger charge is 2.58. The van der Waals surface area contributed by atoms with Crippen LogP contribution in [0.2, 0.25) is 0 Å². The Bertz CT molecular complexity index is 625. The van der Waals surface area contributed by atoms with E-state index in [9.17, 15) is 4.79 Å². The van der Waals surface area contributed by atoms with Crippen molar-refractivity contribution in [1.29, 1.82) is 0 Å². The lowest BCUT2D eigenvalue weighted by Gasteiger charge is -2.57. The van der Waals surface area contributed by atoms with E-state index in [1.165, 1.54) is 19.3 Å². The predicted molar refractivity (Wildman–Crippen MR) is 99.2 cm³/mol. The van der Waals surface area contributed by atoms with E-state index < -0.39 is 0 Å². The minimum Gasteiger partial charge on any atom is -0.394 e. The summed E-state index contributed by atoms with van der Waals surface area (Å²) < 4.78 is 0. The molecule has 0 aromatic heterocycles. The van der Waals surface area contributed by atoms with Gasteiger partial charge in [0, 0.05) is 18.4 Å². The monoisotopic (exact) mass is 344 g/mol. The fraction of sp³-hybridized carbons (Fsp3) is 0.810. The number of hydrogen-bond donors (Lipinski definition) is 1. The second kappa shape index (κ2) is 6.22. The zero-order valence-electron chi connectivity index (χ0n) is 15.7. The molecule has 0 spiro atoms. The Morgan fingerprint density at radius 3 is 2.72 bits per heavy atom. The number of rotatable bonds is 3. The Kier molecular flexibility index (Phi) is 4.30. The summed E-state index contributed by atoms with van der Waals surface area (Å²) in [4.78, 5) is 17.8. The standard InChI is InChI=1S/C21H32N2O2/c1-20-9-7-15(23-25-12-11-22)13-14(20)3-4-16-17-5-6-19(24)21(17,2)10-8-18(16)20/h13,16-18H,3-12,22H2,1-2H3/t16?,17?,18?,20-,21-/m0/s1. The average Bonchev–Trinajstić information content (AvgIpc) is 2.90. The number of fused-ring (bicyclic) bond motifs is 5. The zero-order chi connectivity index (χ0) is 17.7. The topological polar surface area (TPSA) is 64.7 Å². The quantitative estimate of drug-likeness (QED) is 0.625. The maximum Gasteiger partial charge on any atom is 0.139 e. The SMILES string of the molecule is C[C@]12CCC(=NOCCN)C=C1CCC1C2CC[C@]2(C)C(=O)CCC12. The van der Waals surface area contributed by atoms with Crippen LogP contribution < -0.4 is 5.73 Å². The summed E-state index contributed by atoms with van der Waals surface area (Å²) >= 11 is 0. The van der Waals surface area contributed by atoms with E-state index in [-0.39, 0.29) is 5.41 Å². The van der Waals surface area contributed by atoms with Gasteiger partial charge in [0.1, 0.15) is 12.4 Å². The van der Waals surface area contributed by atoms with Crippen molar-refractivity contribution in [1.82, 2.24) is 0 Å². The van der Waals surface area contributed by atoms with Gasteiger partial charge < -0.3 is 10.6 Å². The third kappa shape index (κ3) is 2.59. The van der Waals surface area contributed by atoms with E-state index in [1.54, 1.807) is 5.57 Å². The smallest absolute Gasteiger partial charge is 0.139 e. The Labute approximate surface area is 151 Å². The van der Waals surface area contributed by atoms with Crippen LogP contribution in [0, 0.1) is 28.6 Å². The summed E-state index contributed by atoms with van der Waals surface area (Å²) in [6, 6.07) is 0. The first kappa shape index (κ1) is 17.3. The fourth-order valence-corrected chi connectivity index (χ4v) is 6.60. The summed E-state index contributed by atoms with van der Waals surface area (Å²) in [5.74, 6) is 2.64. The van der Waals surface area contributed by atoms with Crippen LogP contribution >= 0.6 is 0 Å². The van der Waals surface area contributed by atoms with Crippen LogP contribution in [-0.2, 0) is 9.63 Å². The number of nitrogens with zero attached hydrogens (tertiary/aromatic N) is 1. The average molecular weight is 344 g/mol. The maximum absolute atomic E-state index is 12.5. The highest BCUT2D eigenvalue weighted by molar-refractivity contribution is 5.96. The van der Waals surface area contributed by atoms with Gasteiger partial charge >= 0.3 is 0 Å². The molecule has 0 aliphatic heterocycles. The van der Waals surface area contributed by atoms with Crippen molar-refractivity contribution in [3.63, 3.8) is 0 Å². The molecule has 4 aliphatic rings. The molecule has 0 amide bonds. The van der Waals surface area contributed by atoms with Gasteiger partial charge in [-0.05, 0) is 74.2 Å². The summed E-state index contributed by atoms with van der Waals surface area (Å²) in [6.07, 6.45) is 11.1. The van der Waals surface area contributed by atoms with Gasteiger partial charge in [-0.15, -0.1) is 0 Å². The molecule has 0 bridgehead atoms. The molecule has 0 heterocycles. The van der Waals surface area contributed by atoms with Crippen molar-refractivity contribution >= 4 is 11.5 Å². The van der Waals surface area contributed by atoms with Gasteiger partial charge in [-0.3, -0.25) is 4.79 Å². The third-order valence-electron chi connectivity index (χ3n) is 8.08. The van der Waals surface area contributed by atoms with E-state index in [4.69, 9.17) is 10.6 Å². The molecule has 138 valence electrons. The molecule has 25 heavy (non-hydrogen) atoms. The predicted octanol–water partition coefficient (Wildman–Crippen LogP) is 3.85. The van der Waals surface area contributed by atoms with Crippen LogP contribution in [0.5, 0.6) is 0 Å². The van der Waals surface area contributed by atoms with E-state index in [0.29, 0.717) is 30.3 Å². The lowest BCUT2D eigenvalue weighted by atomic mass is 9.47. The van der Waals surface area contributed by atoms with Crippen molar-refractivity contribution in [2.45, 2.75) is 65.2 Å². The van der Waals surface area contributed by atoms with Crippen LogP contribution in [0.25, 0.3) is 0 Å². The summed E-state index contributed by atoms with van der Waals surface area (Å²) in [5, 5.41) is 4.29. The highest BCUT2D eigenvalue weighted by atomic mass is 16.6. The number of hydrogen-bond acceptors (Lipinski definition) is 4. The van der Waals surface area contributed by atoms with Crippen LogP contribution in [0.1, 0.15) is 65.2 Å². The van der Waals surface area contributed by atoms with Crippen molar-refractivity contribution in [3.8, 4) is 0 Å². The van der Waals surface area contributed by atoms with Gasteiger partial charge in [0.2, 0.25) is 0 Å². The number of oxime groups is 1. The second-order valence-corrected chi connectivity index (χ2v) is 9.13. The lowest BCUT2D eigenvalue weighted by Crippen LogP contribution is -2.50. The highest BCUT2D eigenvalue weighted by Crippen LogP contribution is 2.64. The van der Waals surface area contributed by atoms with Gasteiger partial charge in [0.05, 0.1) is 5.71 Å². The summed E-state index contributed by atoms with van der Waals surface area (Å²) in [5.41, 5.74) is 8.40. The van der Waals surface area contributed by atoms with Gasteiger partial charge in [-0.1, -0.05) is 24.6 Å². The largest absolute Gasteiger partial charge is 0.394 e. The fourth-order valence-electron chi connectivity index (χ4n) is 6.60. The number of carbonyl (C=O) groups excluding carboxylic acids is 1. The Balaban J connectivity index is 1.58. The zero-order valence-corrected chi connectivity index (χ0v) is 15.7. The molecule has 0 aromatic carbocycles. The first-order valence-corrected chi connectivity index (χ1v) is 10.1. The summed E-state index contributed by atoms with van der Waals surface area (Å²) in [6.45, 7) is 5.74. The van der Waals surface area contributed by atoms with Crippen LogP contribution in [0.15, 0.2) is 16.8 Å². The van der Waals surface area contributed by atoms with Gasteiger partial charge in [-0.2, -0.15) is 0 Å². The molecule has 5 atom stereocenters. The minimum atomic E-state index is -0.0178. The molecule has 3 unspecified atom stereocenters. The van der Waals surface area contributed by atoms with E-state index in [1.807, 2.05) is 0 Å². The Morgan fingerprint density at radius 2 is 1.92 bits per heavy atom. The normalized spacial score (nSPS) is 44.8. The first-order valence-electron chi connectivity index (χ1n) is 10.1. The van der Waals surface area contributed by atoms with E-state index >= 15 is 0 Å². The minimum absolute atomic E-state index is 0.0178. The van der Waals surface area contributed by atoms with Gasteiger partial charge in [0.15, 0.2) is 0 Å². The lowest BCUT2D eigenvalue weighted by molar-refractivity contribution is -0.132. The van der Waals surface area contributed by atoms with Crippen LogP contribution in [-0.4, -0.2) is 24.6 Å². The molecule has 4 rings (SSSR count). The van der Waals surface area contributed by atoms with Crippen LogP contribution in [0.3, 0.4) is 0 Å². The first-order chi connectivity index (χ1) is 12.0. The van der Waals surface area contributed by atoms with Crippen molar-refractivity contribution in [2.75, 3.05) is 13.2 Å². The van der Waals surface area contributed by atoms with Crippen LogP contribution in [0.4, 0.5) is 0 Å². The summed E-state index contributed by atoms with van der Waals surface area (Å²) in [7, 11) is 0. The Morgan fingerprint density at radius 1 is 1.12 bits per heavy atom. The molecule has 3 fully saturated rings. The second-order valence-electron chi connectivity index (χ2n) is 9.13. The number of ketones is 1. The number of nitrogens with two attached hydrogens (primary N) is 1. The molecule has 3 saturated carbocycles. The van der Waals surface area contributed by atoms with Gasteiger partial charge in [-0.25, -0.2) is 0 Å². The molecular weight excluding hydrogens is 312 g/mol. The number of allylic oxidation sites excluding steroid dienone is 2. The molecule has 0 radical (unpaired) electrons. The molecule has 2 N–H and O–H groups in total. The molecule has 0 aromatic rings. The van der Waals surface area contributed by atoms with Gasteiger partial charge in [0.25, 0.3) is 0 Å². The molecular formula is C21H32N2O2. The van der Waals surface area contributed by atoms with Crippen molar-refractivity contribution in [3.05, 3.63) is 11.6 Å². The van der Waals surface area contributed by atoms with Crippen molar-refractivity contribution in [2.24, 2.45) is 39.5 Å². The number of carbonyl (C=O) groups is 1.